The predicted octanol–water partition coefficient (Wildman–Crippen LogP) is 2.51. The summed E-state index contributed by atoms with van der Waals surface area (Å²) in [7, 11) is 3.35. The number of rotatable bonds is 5. The van der Waals surface area contributed by atoms with Crippen LogP contribution in [0.15, 0.2) is 30.6 Å². The van der Waals surface area contributed by atoms with Gasteiger partial charge in [-0.1, -0.05) is 0 Å². The van der Waals surface area contributed by atoms with Crippen molar-refractivity contribution in [1.82, 2.24) is 9.55 Å². The van der Waals surface area contributed by atoms with Gasteiger partial charge in [0.25, 0.3) is 5.69 Å². The molecule has 0 amide bonds. The van der Waals surface area contributed by atoms with Crippen molar-refractivity contribution in [2.45, 2.75) is 13.0 Å². The highest BCUT2D eigenvalue weighted by Gasteiger charge is 2.18. The maximum Gasteiger partial charge on any atom is 0.296 e. The van der Waals surface area contributed by atoms with Gasteiger partial charge >= 0.3 is 0 Å². The smallest absolute Gasteiger partial charge is 0.296 e. The fourth-order valence-corrected chi connectivity index (χ4v) is 2.00. The quantitative estimate of drug-likeness (QED) is 0.670. The first kappa shape index (κ1) is 13.9. The first-order chi connectivity index (χ1) is 9.52. The molecule has 7 nitrogen and oxygen atoms in total. The highest BCUT2D eigenvalue weighted by molar-refractivity contribution is 5.64. The highest BCUT2D eigenvalue weighted by atomic mass is 16.6. The Labute approximate surface area is 116 Å². The Kier molecular flexibility index (Phi) is 3.88. The Balaban J connectivity index is 2.29. The molecule has 1 unspecified atom stereocenters. The summed E-state index contributed by atoms with van der Waals surface area (Å²) in [6.45, 7) is 1.90. The first-order valence-electron chi connectivity index (χ1n) is 6.09. The van der Waals surface area contributed by atoms with Gasteiger partial charge in [0.1, 0.15) is 17.3 Å². The van der Waals surface area contributed by atoms with Crippen LogP contribution in [0, 0.1) is 10.1 Å². The first-order valence-corrected chi connectivity index (χ1v) is 6.09. The molecule has 1 aromatic carbocycles. The summed E-state index contributed by atoms with van der Waals surface area (Å²) in [4.78, 5) is 14.9. The van der Waals surface area contributed by atoms with Crippen LogP contribution >= 0.6 is 0 Å². The average Bonchev–Trinajstić information content (AvgIpc) is 2.85. The summed E-state index contributed by atoms with van der Waals surface area (Å²) in [5.41, 5.74) is 0.414. The number of benzene rings is 1. The van der Waals surface area contributed by atoms with Crippen LogP contribution in [0.2, 0.25) is 0 Å². The molecule has 0 aliphatic rings. The van der Waals surface area contributed by atoms with Gasteiger partial charge in [0.15, 0.2) is 0 Å². The fourth-order valence-electron chi connectivity index (χ4n) is 2.00. The molecule has 2 aromatic rings. The van der Waals surface area contributed by atoms with Crippen LogP contribution in [0.4, 0.5) is 11.4 Å². The Hall–Kier alpha value is -2.57. The number of hydrogen-bond acceptors (Lipinski definition) is 5. The van der Waals surface area contributed by atoms with E-state index in [1.807, 2.05) is 24.7 Å². The second-order valence-electron chi connectivity index (χ2n) is 4.40. The van der Waals surface area contributed by atoms with Crippen LogP contribution in [0.1, 0.15) is 18.8 Å². The van der Waals surface area contributed by atoms with Gasteiger partial charge in [0, 0.05) is 19.4 Å². The lowest BCUT2D eigenvalue weighted by Gasteiger charge is -2.15. The summed E-state index contributed by atoms with van der Waals surface area (Å²) in [5, 5.41) is 14.2. The molecule has 106 valence electrons. The number of hydrogen-bond donors (Lipinski definition) is 1. The third kappa shape index (κ3) is 2.71. The third-order valence-electron chi connectivity index (χ3n) is 3.02. The molecule has 7 heteroatoms. The molecule has 20 heavy (non-hydrogen) atoms. The van der Waals surface area contributed by atoms with Gasteiger partial charge in [0.2, 0.25) is 0 Å². The fraction of sp³-hybridized carbons (Fsp3) is 0.308. The lowest BCUT2D eigenvalue weighted by Crippen LogP contribution is -2.12. The van der Waals surface area contributed by atoms with Crippen molar-refractivity contribution in [3.05, 3.63) is 46.5 Å². The maximum atomic E-state index is 11.1. The normalized spacial score (nSPS) is 11.9. The second kappa shape index (κ2) is 5.60. The van der Waals surface area contributed by atoms with Gasteiger partial charge in [-0.3, -0.25) is 10.1 Å². The van der Waals surface area contributed by atoms with Crippen molar-refractivity contribution in [2.75, 3.05) is 12.4 Å². The summed E-state index contributed by atoms with van der Waals surface area (Å²) < 4.78 is 6.88. The molecular formula is C13H16N4O3. The van der Waals surface area contributed by atoms with Crippen molar-refractivity contribution in [3.63, 3.8) is 0 Å². The molecule has 0 fully saturated rings. The molecule has 1 heterocycles. The Morgan fingerprint density at radius 1 is 1.50 bits per heavy atom. The number of imidazole rings is 1. The second-order valence-corrected chi connectivity index (χ2v) is 4.40. The monoisotopic (exact) mass is 276 g/mol. The topological polar surface area (TPSA) is 82.2 Å². The van der Waals surface area contributed by atoms with Crippen LogP contribution < -0.4 is 10.1 Å². The number of aromatic nitrogens is 2. The van der Waals surface area contributed by atoms with Crippen molar-refractivity contribution in [2.24, 2.45) is 7.05 Å². The van der Waals surface area contributed by atoms with Crippen molar-refractivity contribution in [3.8, 4) is 5.75 Å². The van der Waals surface area contributed by atoms with E-state index in [4.69, 9.17) is 4.74 Å². The maximum absolute atomic E-state index is 11.1. The van der Waals surface area contributed by atoms with Crippen molar-refractivity contribution >= 4 is 11.4 Å². The minimum Gasteiger partial charge on any atom is -0.496 e. The van der Waals surface area contributed by atoms with Gasteiger partial charge < -0.3 is 14.6 Å². The number of ether oxygens (including phenoxy) is 1. The molecular weight excluding hydrogens is 260 g/mol. The molecule has 0 bridgehead atoms. The van der Waals surface area contributed by atoms with E-state index in [-0.39, 0.29) is 11.7 Å². The molecule has 0 spiro atoms. The number of nitro groups is 1. The van der Waals surface area contributed by atoms with E-state index >= 15 is 0 Å². The number of anilines is 1. The van der Waals surface area contributed by atoms with E-state index in [0.29, 0.717) is 11.4 Å². The van der Waals surface area contributed by atoms with Crippen LogP contribution in [-0.2, 0) is 7.05 Å². The number of nitro benzene ring substituents is 1. The van der Waals surface area contributed by atoms with E-state index in [1.165, 1.54) is 13.2 Å². The molecule has 0 radical (unpaired) electrons. The summed E-state index contributed by atoms with van der Waals surface area (Å²) in [5.74, 6) is 1.25. The Morgan fingerprint density at radius 2 is 2.25 bits per heavy atom. The number of nitrogens with zero attached hydrogens (tertiary/aromatic N) is 3. The third-order valence-corrected chi connectivity index (χ3v) is 3.02. The van der Waals surface area contributed by atoms with Crippen LogP contribution in [0.25, 0.3) is 0 Å². The minimum atomic E-state index is -0.435. The van der Waals surface area contributed by atoms with Crippen molar-refractivity contribution < 1.29 is 9.66 Å². The molecule has 2 rings (SSSR count). The van der Waals surface area contributed by atoms with E-state index < -0.39 is 4.92 Å². The SMILES string of the molecule is COc1ccc(NC(C)c2nccn2C)c([N+](=O)[O-])c1. The molecule has 1 aromatic heterocycles. The predicted molar refractivity (Wildman–Crippen MR) is 74.9 cm³/mol. The molecule has 1 atom stereocenters. The standard InChI is InChI=1S/C13H16N4O3/c1-9(13-14-6-7-16(13)2)15-11-5-4-10(20-3)8-12(11)17(18)19/h4-9,15H,1-3H3. The summed E-state index contributed by atoms with van der Waals surface area (Å²) in [6, 6.07) is 4.56. The lowest BCUT2D eigenvalue weighted by atomic mass is 10.2. The van der Waals surface area contributed by atoms with E-state index in [0.717, 1.165) is 5.82 Å². The van der Waals surface area contributed by atoms with Crippen LogP contribution in [-0.4, -0.2) is 21.6 Å². The van der Waals surface area contributed by atoms with Gasteiger partial charge in [0.05, 0.1) is 24.1 Å². The molecule has 0 aliphatic heterocycles. The van der Waals surface area contributed by atoms with Gasteiger partial charge in [-0.05, 0) is 19.1 Å². The average molecular weight is 276 g/mol. The van der Waals surface area contributed by atoms with Gasteiger partial charge in [-0.15, -0.1) is 0 Å². The molecule has 0 aliphatic carbocycles. The van der Waals surface area contributed by atoms with Gasteiger partial charge in [-0.25, -0.2) is 4.98 Å². The van der Waals surface area contributed by atoms with Crippen LogP contribution in [0.5, 0.6) is 5.75 Å². The zero-order valence-electron chi connectivity index (χ0n) is 11.5. The van der Waals surface area contributed by atoms with Crippen molar-refractivity contribution in [1.29, 1.82) is 0 Å². The van der Waals surface area contributed by atoms with E-state index in [1.54, 1.807) is 18.3 Å². The number of aryl methyl sites for hydroxylation is 1. The minimum absolute atomic E-state index is 0.0228. The Morgan fingerprint density at radius 3 is 2.80 bits per heavy atom. The van der Waals surface area contributed by atoms with E-state index in [9.17, 15) is 10.1 Å². The largest absolute Gasteiger partial charge is 0.496 e. The zero-order chi connectivity index (χ0) is 14.7. The molecule has 0 saturated heterocycles. The zero-order valence-corrected chi connectivity index (χ0v) is 11.5. The lowest BCUT2D eigenvalue weighted by molar-refractivity contribution is -0.384. The van der Waals surface area contributed by atoms with Crippen LogP contribution in [0.3, 0.4) is 0 Å². The highest BCUT2D eigenvalue weighted by Crippen LogP contribution is 2.31. The van der Waals surface area contributed by atoms with Gasteiger partial charge in [-0.2, -0.15) is 0 Å². The summed E-state index contributed by atoms with van der Waals surface area (Å²) >= 11 is 0. The van der Waals surface area contributed by atoms with E-state index in [2.05, 4.69) is 10.3 Å². The summed E-state index contributed by atoms with van der Waals surface area (Å²) in [6.07, 6.45) is 3.52. The number of nitrogens with one attached hydrogen (secondary N) is 1. The molecule has 1 N–H and O–H groups in total. The number of methoxy groups -OCH3 is 1. The molecule has 0 saturated carbocycles. The Bertz CT molecular complexity index is 624.